The standard InChI is InChI=1S/C26H26ClNO6/c1-26(2)12-20-24(21(29)13-26)17(16-7-6-15(33-3)10-22(16)34-4)11-23(30)28(20)14-5-8-19(27)18(9-14)25(31)32/h5-10,17H,11-13H2,1-4H3,(H,31,32). The number of carbonyl (C=O) groups excluding carboxylic acids is 2. The van der Waals surface area contributed by atoms with E-state index < -0.39 is 11.9 Å². The molecule has 0 bridgehead atoms. The van der Waals surface area contributed by atoms with Gasteiger partial charge >= 0.3 is 5.97 Å². The molecule has 0 saturated heterocycles. The van der Waals surface area contributed by atoms with Crippen LogP contribution in [-0.4, -0.2) is 37.0 Å². The van der Waals surface area contributed by atoms with Crippen LogP contribution in [0.3, 0.4) is 0 Å². The first-order valence-corrected chi connectivity index (χ1v) is 11.3. The average Bonchev–Trinajstić information content (AvgIpc) is 2.77. The van der Waals surface area contributed by atoms with Crippen LogP contribution in [0.25, 0.3) is 0 Å². The highest BCUT2D eigenvalue weighted by atomic mass is 35.5. The molecule has 1 aliphatic heterocycles. The van der Waals surface area contributed by atoms with Crippen LogP contribution in [0.1, 0.15) is 54.9 Å². The summed E-state index contributed by atoms with van der Waals surface area (Å²) < 4.78 is 10.9. The fourth-order valence-electron chi connectivity index (χ4n) is 4.90. The Kier molecular flexibility index (Phi) is 6.16. The summed E-state index contributed by atoms with van der Waals surface area (Å²) in [4.78, 5) is 40.2. The van der Waals surface area contributed by atoms with Gasteiger partial charge in [0.15, 0.2) is 5.78 Å². The Morgan fingerprint density at radius 3 is 2.47 bits per heavy atom. The van der Waals surface area contributed by atoms with Gasteiger partial charge in [-0.05, 0) is 36.1 Å². The average molecular weight is 484 g/mol. The first-order valence-electron chi connectivity index (χ1n) is 10.9. The first-order chi connectivity index (χ1) is 16.1. The van der Waals surface area contributed by atoms with E-state index in [0.29, 0.717) is 41.3 Å². The van der Waals surface area contributed by atoms with Crippen molar-refractivity contribution in [3.8, 4) is 11.5 Å². The Morgan fingerprint density at radius 1 is 1.09 bits per heavy atom. The van der Waals surface area contributed by atoms with Gasteiger partial charge < -0.3 is 14.6 Å². The third kappa shape index (κ3) is 4.16. The molecule has 1 atom stereocenters. The summed E-state index contributed by atoms with van der Waals surface area (Å²) in [5.74, 6) is -0.780. The molecule has 34 heavy (non-hydrogen) atoms. The number of carboxylic acids is 1. The molecule has 4 rings (SSSR count). The fourth-order valence-corrected chi connectivity index (χ4v) is 5.10. The minimum atomic E-state index is -1.19. The lowest BCUT2D eigenvalue weighted by molar-refractivity contribution is -0.121. The number of benzene rings is 2. The quantitative estimate of drug-likeness (QED) is 0.626. The molecule has 0 aromatic heterocycles. The molecule has 0 radical (unpaired) electrons. The van der Waals surface area contributed by atoms with Crippen LogP contribution in [-0.2, 0) is 9.59 Å². The maximum atomic E-state index is 13.6. The second-order valence-electron chi connectivity index (χ2n) is 9.36. The van der Waals surface area contributed by atoms with Gasteiger partial charge in [0.1, 0.15) is 11.5 Å². The van der Waals surface area contributed by atoms with Crippen LogP contribution in [0.2, 0.25) is 5.02 Å². The van der Waals surface area contributed by atoms with Crippen molar-refractivity contribution in [1.82, 2.24) is 0 Å². The minimum absolute atomic E-state index is 0.0287. The van der Waals surface area contributed by atoms with Crippen molar-refractivity contribution < 1.29 is 29.0 Å². The Hall–Kier alpha value is -3.32. The summed E-state index contributed by atoms with van der Waals surface area (Å²) in [5.41, 5.74) is 1.81. The number of rotatable bonds is 5. The van der Waals surface area contributed by atoms with Crippen molar-refractivity contribution >= 4 is 34.9 Å². The van der Waals surface area contributed by atoms with E-state index in [9.17, 15) is 19.5 Å². The number of carboxylic acid groups (broad SMARTS) is 1. The van der Waals surface area contributed by atoms with Gasteiger partial charge in [0.2, 0.25) is 5.91 Å². The van der Waals surface area contributed by atoms with Gasteiger partial charge in [-0.1, -0.05) is 31.5 Å². The molecule has 1 unspecified atom stereocenters. The second-order valence-corrected chi connectivity index (χ2v) is 9.77. The molecule has 1 aliphatic carbocycles. The molecule has 1 N–H and O–H groups in total. The zero-order valence-electron chi connectivity index (χ0n) is 19.5. The number of aromatic carboxylic acids is 1. The molecule has 1 amide bonds. The normalized spacial score (nSPS) is 19.7. The van der Waals surface area contributed by atoms with E-state index in [4.69, 9.17) is 21.1 Å². The van der Waals surface area contributed by atoms with Crippen LogP contribution >= 0.6 is 11.6 Å². The molecule has 178 valence electrons. The number of hydrogen-bond donors (Lipinski definition) is 1. The lowest BCUT2D eigenvalue weighted by Gasteiger charge is -2.43. The molecule has 2 aliphatic rings. The Morgan fingerprint density at radius 2 is 1.82 bits per heavy atom. The van der Waals surface area contributed by atoms with E-state index >= 15 is 0 Å². The summed E-state index contributed by atoms with van der Waals surface area (Å²) in [6.07, 6.45) is 0.877. The molecule has 0 saturated carbocycles. The summed E-state index contributed by atoms with van der Waals surface area (Å²) in [6, 6.07) is 9.80. The summed E-state index contributed by atoms with van der Waals surface area (Å²) in [7, 11) is 3.10. The number of ether oxygens (including phenoxy) is 2. The van der Waals surface area contributed by atoms with Crippen molar-refractivity contribution in [3.05, 3.63) is 63.8 Å². The zero-order chi connectivity index (χ0) is 24.8. The third-order valence-corrected chi connectivity index (χ3v) is 6.73. The molecule has 2 aromatic carbocycles. The predicted molar refractivity (Wildman–Crippen MR) is 128 cm³/mol. The van der Waals surface area contributed by atoms with Crippen molar-refractivity contribution in [2.45, 2.75) is 39.0 Å². The van der Waals surface area contributed by atoms with E-state index in [1.54, 1.807) is 25.3 Å². The minimum Gasteiger partial charge on any atom is -0.497 e. The number of methoxy groups -OCH3 is 2. The molecule has 2 aromatic rings. The number of Topliss-reactive ketones (excluding diaryl/α,β-unsaturated/α-hetero) is 1. The SMILES string of the molecule is COc1ccc(C2CC(=O)N(c3ccc(Cl)c(C(=O)O)c3)C3=C2C(=O)CC(C)(C)C3)c(OC)c1. The van der Waals surface area contributed by atoms with Gasteiger partial charge in [0.25, 0.3) is 0 Å². The third-order valence-electron chi connectivity index (χ3n) is 6.40. The van der Waals surface area contributed by atoms with Crippen molar-refractivity contribution in [1.29, 1.82) is 0 Å². The van der Waals surface area contributed by atoms with E-state index in [-0.39, 0.29) is 34.1 Å². The fraction of sp³-hybridized carbons (Fsp3) is 0.346. The van der Waals surface area contributed by atoms with Crippen LogP contribution in [0.15, 0.2) is 47.7 Å². The number of nitrogens with zero attached hydrogens (tertiary/aromatic N) is 1. The summed E-state index contributed by atoms with van der Waals surface area (Å²) in [5, 5.41) is 9.60. The van der Waals surface area contributed by atoms with E-state index in [1.165, 1.54) is 24.1 Å². The summed E-state index contributed by atoms with van der Waals surface area (Å²) in [6.45, 7) is 3.97. The van der Waals surface area contributed by atoms with E-state index in [2.05, 4.69) is 0 Å². The van der Waals surface area contributed by atoms with Gasteiger partial charge in [-0.15, -0.1) is 0 Å². The molecule has 8 heteroatoms. The highest BCUT2D eigenvalue weighted by Gasteiger charge is 2.45. The maximum absolute atomic E-state index is 13.6. The van der Waals surface area contributed by atoms with Crippen LogP contribution in [0, 0.1) is 5.41 Å². The Bertz CT molecular complexity index is 1230. The molecule has 1 heterocycles. The monoisotopic (exact) mass is 483 g/mol. The van der Waals surface area contributed by atoms with E-state index in [0.717, 1.165) is 5.56 Å². The number of anilines is 1. The maximum Gasteiger partial charge on any atom is 0.337 e. The van der Waals surface area contributed by atoms with Crippen LogP contribution in [0.4, 0.5) is 5.69 Å². The highest BCUT2D eigenvalue weighted by Crippen LogP contribution is 2.50. The molecule has 7 nitrogen and oxygen atoms in total. The highest BCUT2D eigenvalue weighted by molar-refractivity contribution is 6.33. The molecule has 0 fully saturated rings. The summed E-state index contributed by atoms with van der Waals surface area (Å²) >= 11 is 6.06. The number of allylic oxidation sites excluding steroid dienone is 2. The Balaban J connectivity index is 1.92. The van der Waals surface area contributed by atoms with Gasteiger partial charge in [0.05, 0.1) is 24.8 Å². The molecular formula is C26H26ClNO6. The lowest BCUT2D eigenvalue weighted by Crippen LogP contribution is -2.43. The van der Waals surface area contributed by atoms with E-state index in [1.807, 2.05) is 19.9 Å². The predicted octanol–water partition coefficient (Wildman–Crippen LogP) is 5.22. The van der Waals surface area contributed by atoms with Gasteiger partial charge in [0, 0.05) is 47.3 Å². The van der Waals surface area contributed by atoms with Crippen molar-refractivity contribution in [2.24, 2.45) is 5.41 Å². The van der Waals surface area contributed by atoms with Crippen molar-refractivity contribution in [2.75, 3.05) is 19.1 Å². The van der Waals surface area contributed by atoms with Gasteiger partial charge in [-0.2, -0.15) is 0 Å². The number of ketones is 1. The van der Waals surface area contributed by atoms with Crippen LogP contribution < -0.4 is 14.4 Å². The van der Waals surface area contributed by atoms with Gasteiger partial charge in [-0.25, -0.2) is 4.79 Å². The topological polar surface area (TPSA) is 93.1 Å². The first kappa shape index (κ1) is 23.8. The van der Waals surface area contributed by atoms with Crippen molar-refractivity contribution in [3.63, 3.8) is 0 Å². The molecular weight excluding hydrogens is 458 g/mol. The van der Waals surface area contributed by atoms with Gasteiger partial charge in [-0.3, -0.25) is 14.5 Å². The number of halogens is 1. The Labute approximate surface area is 202 Å². The smallest absolute Gasteiger partial charge is 0.337 e. The number of amides is 1. The van der Waals surface area contributed by atoms with Crippen LogP contribution in [0.5, 0.6) is 11.5 Å². The lowest BCUT2D eigenvalue weighted by atomic mass is 9.69. The number of hydrogen-bond acceptors (Lipinski definition) is 5. The zero-order valence-corrected chi connectivity index (χ0v) is 20.2. The second kappa shape index (κ2) is 8.80. The largest absolute Gasteiger partial charge is 0.497 e. The number of carbonyl (C=O) groups is 3. The molecule has 0 spiro atoms.